The minimum atomic E-state index is 0.375. The van der Waals surface area contributed by atoms with Crippen molar-refractivity contribution in [3.05, 3.63) is 35.4 Å². The molecule has 0 N–H and O–H groups in total. The summed E-state index contributed by atoms with van der Waals surface area (Å²) >= 11 is 0. The van der Waals surface area contributed by atoms with Gasteiger partial charge in [0.05, 0.1) is 13.2 Å². The summed E-state index contributed by atoms with van der Waals surface area (Å²) < 4.78 is 5.48. The van der Waals surface area contributed by atoms with Crippen LogP contribution in [-0.4, -0.2) is 61.1 Å². The highest BCUT2D eigenvalue weighted by Gasteiger charge is 2.31. The number of amides is 1. The van der Waals surface area contributed by atoms with Crippen molar-refractivity contribution < 1.29 is 9.53 Å². The largest absolute Gasteiger partial charge is 0.379 e. The molecule has 26 heavy (non-hydrogen) atoms. The second-order valence-corrected chi connectivity index (χ2v) is 8.35. The second kappa shape index (κ2) is 8.10. The van der Waals surface area contributed by atoms with Crippen LogP contribution in [0.5, 0.6) is 0 Å². The van der Waals surface area contributed by atoms with Crippen LogP contribution in [0.15, 0.2) is 24.3 Å². The molecule has 3 aliphatic rings. The molecule has 4 nitrogen and oxygen atoms in total. The molecule has 0 radical (unpaired) electrons. The Morgan fingerprint density at radius 1 is 1.08 bits per heavy atom. The normalized spacial score (nSPS) is 23.8. The predicted molar refractivity (Wildman–Crippen MR) is 103 cm³/mol. The van der Waals surface area contributed by atoms with E-state index >= 15 is 0 Å². The van der Waals surface area contributed by atoms with Crippen LogP contribution >= 0.6 is 0 Å². The van der Waals surface area contributed by atoms with E-state index in [9.17, 15) is 4.79 Å². The minimum absolute atomic E-state index is 0.375. The Morgan fingerprint density at radius 2 is 1.69 bits per heavy atom. The van der Waals surface area contributed by atoms with Gasteiger partial charge in [0.25, 0.3) is 0 Å². The number of fused-ring (bicyclic) bond motifs is 1. The molecule has 2 fully saturated rings. The van der Waals surface area contributed by atoms with E-state index in [-0.39, 0.29) is 0 Å². The Kier molecular flexibility index (Phi) is 5.60. The van der Waals surface area contributed by atoms with E-state index in [0.717, 1.165) is 71.5 Å². The Hall–Kier alpha value is -1.39. The van der Waals surface area contributed by atoms with Crippen molar-refractivity contribution in [2.75, 3.05) is 39.4 Å². The molecule has 1 aliphatic carbocycles. The van der Waals surface area contributed by atoms with Gasteiger partial charge >= 0.3 is 0 Å². The number of hydrogen-bond acceptors (Lipinski definition) is 3. The first kappa shape index (κ1) is 18.0. The summed E-state index contributed by atoms with van der Waals surface area (Å²) in [4.78, 5) is 17.5. The molecular formula is C22H32N2O2. The summed E-state index contributed by atoms with van der Waals surface area (Å²) in [6.45, 7) is 8.10. The highest BCUT2D eigenvalue weighted by atomic mass is 16.5. The Labute approximate surface area is 157 Å². The van der Waals surface area contributed by atoms with Crippen molar-refractivity contribution in [1.82, 2.24) is 9.80 Å². The fourth-order valence-corrected chi connectivity index (χ4v) is 5.08. The third-order valence-corrected chi connectivity index (χ3v) is 6.80. The van der Waals surface area contributed by atoms with E-state index in [4.69, 9.17) is 4.74 Å². The molecular weight excluding hydrogens is 324 g/mol. The summed E-state index contributed by atoms with van der Waals surface area (Å²) in [6.07, 6.45) is 5.17. The number of ether oxygens (including phenoxy) is 1. The summed E-state index contributed by atoms with van der Waals surface area (Å²) in [5.41, 5.74) is 2.90. The van der Waals surface area contributed by atoms with E-state index in [1.807, 2.05) is 0 Å². The van der Waals surface area contributed by atoms with Crippen LogP contribution < -0.4 is 0 Å². The second-order valence-electron chi connectivity index (χ2n) is 8.35. The average molecular weight is 357 g/mol. The smallest absolute Gasteiger partial charge is 0.222 e. The molecule has 2 saturated heterocycles. The Bertz CT molecular complexity index is 593. The molecule has 0 unspecified atom stereocenters. The zero-order chi connectivity index (χ0) is 17.9. The van der Waals surface area contributed by atoms with Gasteiger partial charge in [-0.2, -0.15) is 0 Å². The van der Waals surface area contributed by atoms with E-state index in [1.165, 1.54) is 11.1 Å². The number of piperidine rings is 1. The fraction of sp³-hybridized carbons (Fsp3) is 0.682. The third kappa shape index (κ3) is 3.96. The first-order valence-electron chi connectivity index (χ1n) is 10.4. The molecule has 2 aliphatic heterocycles. The van der Waals surface area contributed by atoms with Crippen LogP contribution in [0.4, 0.5) is 0 Å². The van der Waals surface area contributed by atoms with Gasteiger partial charge in [-0.05, 0) is 55.6 Å². The maximum absolute atomic E-state index is 12.8. The maximum atomic E-state index is 12.8. The predicted octanol–water partition coefficient (Wildman–Crippen LogP) is 2.75. The third-order valence-electron chi connectivity index (χ3n) is 6.80. The SMILES string of the molecule is C[C@@H](C1CCN(C(=O)CC2Cc3ccccc3C2)CC1)N1CCOCC1. The van der Waals surface area contributed by atoms with Crippen molar-refractivity contribution in [2.24, 2.45) is 11.8 Å². The minimum Gasteiger partial charge on any atom is -0.379 e. The van der Waals surface area contributed by atoms with E-state index in [1.54, 1.807) is 0 Å². The number of carbonyl (C=O) groups excluding carboxylic acids is 1. The van der Waals surface area contributed by atoms with Gasteiger partial charge in [-0.3, -0.25) is 9.69 Å². The summed E-state index contributed by atoms with van der Waals surface area (Å²) in [6, 6.07) is 9.28. The van der Waals surface area contributed by atoms with Crippen LogP contribution in [0.1, 0.15) is 37.3 Å². The van der Waals surface area contributed by atoms with Crippen LogP contribution in [0.2, 0.25) is 0 Å². The van der Waals surface area contributed by atoms with E-state index in [0.29, 0.717) is 23.8 Å². The summed E-state index contributed by atoms with van der Waals surface area (Å²) in [7, 11) is 0. The van der Waals surface area contributed by atoms with Crippen LogP contribution in [0.25, 0.3) is 0 Å². The molecule has 0 aromatic heterocycles. The first-order chi connectivity index (χ1) is 12.7. The topological polar surface area (TPSA) is 32.8 Å². The van der Waals surface area contributed by atoms with Gasteiger partial charge in [0.2, 0.25) is 5.91 Å². The average Bonchev–Trinajstić information content (AvgIpc) is 3.10. The summed E-state index contributed by atoms with van der Waals surface area (Å²) in [5, 5.41) is 0. The molecule has 0 bridgehead atoms. The molecule has 4 rings (SSSR count). The number of likely N-dealkylation sites (tertiary alicyclic amines) is 1. The quantitative estimate of drug-likeness (QED) is 0.832. The zero-order valence-corrected chi connectivity index (χ0v) is 16.0. The lowest BCUT2D eigenvalue weighted by Crippen LogP contribution is -2.49. The molecule has 1 atom stereocenters. The van der Waals surface area contributed by atoms with E-state index in [2.05, 4.69) is 41.0 Å². The van der Waals surface area contributed by atoms with Gasteiger partial charge in [0, 0.05) is 38.6 Å². The molecule has 2 heterocycles. The van der Waals surface area contributed by atoms with Gasteiger partial charge in [0.15, 0.2) is 0 Å². The number of rotatable bonds is 4. The lowest BCUT2D eigenvalue weighted by molar-refractivity contribution is -0.134. The molecule has 1 amide bonds. The summed E-state index contributed by atoms with van der Waals surface area (Å²) in [5.74, 6) is 1.60. The molecule has 1 aromatic carbocycles. The molecule has 0 saturated carbocycles. The molecule has 1 aromatic rings. The highest BCUT2D eigenvalue weighted by molar-refractivity contribution is 5.76. The van der Waals surface area contributed by atoms with Crippen molar-refractivity contribution >= 4 is 5.91 Å². The van der Waals surface area contributed by atoms with E-state index < -0.39 is 0 Å². The van der Waals surface area contributed by atoms with Crippen LogP contribution in [0, 0.1) is 11.8 Å². The van der Waals surface area contributed by atoms with Crippen LogP contribution in [0.3, 0.4) is 0 Å². The van der Waals surface area contributed by atoms with Crippen molar-refractivity contribution in [3.63, 3.8) is 0 Å². The van der Waals surface area contributed by atoms with Gasteiger partial charge < -0.3 is 9.64 Å². The first-order valence-corrected chi connectivity index (χ1v) is 10.4. The number of nitrogens with zero attached hydrogens (tertiary/aromatic N) is 2. The lowest BCUT2D eigenvalue weighted by atomic mass is 9.88. The Balaban J connectivity index is 1.24. The Morgan fingerprint density at radius 3 is 2.31 bits per heavy atom. The fourth-order valence-electron chi connectivity index (χ4n) is 5.08. The number of benzene rings is 1. The van der Waals surface area contributed by atoms with Crippen molar-refractivity contribution in [2.45, 2.75) is 45.1 Å². The van der Waals surface area contributed by atoms with Gasteiger partial charge in [-0.15, -0.1) is 0 Å². The number of morpholine rings is 1. The van der Waals surface area contributed by atoms with Crippen molar-refractivity contribution in [3.8, 4) is 0 Å². The highest BCUT2D eigenvalue weighted by Crippen LogP contribution is 2.30. The van der Waals surface area contributed by atoms with Gasteiger partial charge in [0.1, 0.15) is 0 Å². The lowest BCUT2D eigenvalue weighted by Gasteiger charge is -2.41. The monoisotopic (exact) mass is 356 g/mol. The van der Waals surface area contributed by atoms with Gasteiger partial charge in [-0.1, -0.05) is 24.3 Å². The molecule has 142 valence electrons. The number of carbonyl (C=O) groups is 1. The number of hydrogen-bond donors (Lipinski definition) is 0. The van der Waals surface area contributed by atoms with Crippen LogP contribution in [-0.2, 0) is 22.4 Å². The van der Waals surface area contributed by atoms with Gasteiger partial charge in [-0.25, -0.2) is 0 Å². The molecule has 0 spiro atoms. The standard InChI is InChI=1S/C22H32N2O2/c1-17(23-10-12-26-13-11-23)19-6-8-24(9-7-19)22(25)16-18-14-20-4-2-3-5-21(20)15-18/h2-5,17-19H,6-16H2,1H3/t17-/m0/s1. The maximum Gasteiger partial charge on any atom is 0.222 e. The molecule has 4 heteroatoms. The van der Waals surface area contributed by atoms with Crippen molar-refractivity contribution in [1.29, 1.82) is 0 Å². The zero-order valence-electron chi connectivity index (χ0n) is 16.0.